The molecule has 0 atom stereocenters. The molecular formula is C19H16N4. The van der Waals surface area contributed by atoms with Gasteiger partial charge in [0.15, 0.2) is 0 Å². The van der Waals surface area contributed by atoms with Crippen molar-refractivity contribution in [2.24, 2.45) is 0 Å². The first kappa shape index (κ1) is 13.6. The minimum atomic E-state index is 0.879. The summed E-state index contributed by atoms with van der Waals surface area (Å²) >= 11 is 0. The van der Waals surface area contributed by atoms with Gasteiger partial charge in [-0.2, -0.15) is 0 Å². The van der Waals surface area contributed by atoms with Crippen LogP contribution in [-0.2, 0) is 0 Å². The van der Waals surface area contributed by atoms with Crippen LogP contribution < -0.4 is 0 Å². The Balaban J connectivity index is 1.91. The van der Waals surface area contributed by atoms with Crippen molar-refractivity contribution in [2.45, 2.75) is 13.8 Å². The SMILES string of the molecule is Cc1cccc(-c2[nH]c(C)nc2-c2ccc3ncccc3c2)n1. The molecule has 0 aliphatic rings. The third-order valence-corrected chi connectivity index (χ3v) is 3.84. The average molecular weight is 300 g/mol. The van der Waals surface area contributed by atoms with Crippen LogP contribution in [0.2, 0.25) is 0 Å². The minimum absolute atomic E-state index is 0.879. The van der Waals surface area contributed by atoms with E-state index >= 15 is 0 Å². The summed E-state index contributed by atoms with van der Waals surface area (Å²) in [6.45, 7) is 3.96. The molecule has 0 spiro atoms. The van der Waals surface area contributed by atoms with Crippen LogP contribution in [0.1, 0.15) is 11.5 Å². The first-order valence-corrected chi connectivity index (χ1v) is 7.56. The highest BCUT2D eigenvalue weighted by Crippen LogP contribution is 2.30. The number of aryl methyl sites for hydroxylation is 2. The van der Waals surface area contributed by atoms with E-state index in [1.54, 1.807) is 0 Å². The molecule has 0 amide bonds. The fourth-order valence-corrected chi connectivity index (χ4v) is 2.79. The number of rotatable bonds is 2. The Morgan fingerprint density at radius 3 is 2.70 bits per heavy atom. The molecule has 112 valence electrons. The van der Waals surface area contributed by atoms with Gasteiger partial charge in [-0.05, 0) is 44.2 Å². The minimum Gasteiger partial charge on any atom is -0.340 e. The van der Waals surface area contributed by atoms with Crippen molar-refractivity contribution in [3.63, 3.8) is 0 Å². The molecule has 0 bridgehead atoms. The van der Waals surface area contributed by atoms with Gasteiger partial charge in [0.1, 0.15) is 5.82 Å². The maximum absolute atomic E-state index is 4.68. The average Bonchev–Trinajstić information content (AvgIpc) is 2.96. The fraction of sp³-hybridized carbons (Fsp3) is 0.105. The zero-order valence-corrected chi connectivity index (χ0v) is 13.0. The smallest absolute Gasteiger partial charge is 0.104 e. The monoisotopic (exact) mass is 300 g/mol. The lowest BCUT2D eigenvalue weighted by Gasteiger charge is -2.05. The number of nitrogens with zero attached hydrogens (tertiary/aromatic N) is 3. The van der Waals surface area contributed by atoms with E-state index < -0.39 is 0 Å². The van der Waals surface area contributed by atoms with Crippen LogP contribution in [-0.4, -0.2) is 19.9 Å². The van der Waals surface area contributed by atoms with Gasteiger partial charge in [0, 0.05) is 22.8 Å². The molecular weight excluding hydrogens is 284 g/mol. The van der Waals surface area contributed by atoms with E-state index in [2.05, 4.69) is 38.1 Å². The van der Waals surface area contributed by atoms with Crippen LogP contribution in [0.3, 0.4) is 0 Å². The number of aromatic amines is 1. The van der Waals surface area contributed by atoms with Crippen molar-refractivity contribution in [1.82, 2.24) is 19.9 Å². The summed E-state index contributed by atoms with van der Waals surface area (Å²) in [5.41, 5.74) is 5.82. The van der Waals surface area contributed by atoms with Crippen LogP contribution in [0.25, 0.3) is 33.5 Å². The quantitative estimate of drug-likeness (QED) is 0.600. The molecule has 0 aliphatic heterocycles. The molecule has 3 heterocycles. The van der Waals surface area contributed by atoms with Crippen molar-refractivity contribution < 1.29 is 0 Å². The zero-order chi connectivity index (χ0) is 15.8. The van der Waals surface area contributed by atoms with E-state index in [0.717, 1.165) is 45.1 Å². The predicted octanol–water partition coefficient (Wildman–Crippen LogP) is 4.30. The van der Waals surface area contributed by atoms with Crippen molar-refractivity contribution in [3.05, 3.63) is 66.2 Å². The van der Waals surface area contributed by atoms with Crippen LogP contribution in [0.15, 0.2) is 54.7 Å². The van der Waals surface area contributed by atoms with Crippen LogP contribution in [0.4, 0.5) is 0 Å². The van der Waals surface area contributed by atoms with Gasteiger partial charge < -0.3 is 4.98 Å². The number of benzene rings is 1. The highest BCUT2D eigenvalue weighted by molar-refractivity contribution is 5.86. The van der Waals surface area contributed by atoms with E-state index in [9.17, 15) is 0 Å². The molecule has 0 saturated heterocycles. The Hall–Kier alpha value is -3.01. The molecule has 1 N–H and O–H groups in total. The van der Waals surface area contributed by atoms with Gasteiger partial charge in [-0.15, -0.1) is 0 Å². The predicted molar refractivity (Wildman–Crippen MR) is 92.0 cm³/mol. The first-order valence-electron chi connectivity index (χ1n) is 7.56. The maximum atomic E-state index is 4.68. The Morgan fingerprint density at radius 2 is 1.83 bits per heavy atom. The molecule has 4 rings (SSSR count). The first-order chi connectivity index (χ1) is 11.2. The summed E-state index contributed by atoms with van der Waals surface area (Å²) in [6.07, 6.45) is 1.81. The molecule has 4 heteroatoms. The van der Waals surface area contributed by atoms with Crippen LogP contribution in [0.5, 0.6) is 0 Å². The second-order valence-electron chi connectivity index (χ2n) is 5.62. The van der Waals surface area contributed by atoms with Gasteiger partial charge in [-0.25, -0.2) is 4.98 Å². The Morgan fingerprint density at radius 1 is 0.913 bits per heavy atom. The zero-order valence-electron chi connectivity index (χ0n) is 13.0. The summed E-state index contributed by atoms with van der Waals surface area (Å²) in [6, 6.07) is 16.2. The number of fused-ring (bicyclic) bond motifs is 1. The second-order valence-corrected chi connectivity index (χ2v) is 5.62. The molecule has 4 nitrogen and oxygen atoms in total. The molecule has 0 fully saturated rings. The van der Waals surface area contributed by atoms with Gasteiger partial charge in [0.25, 0.3) is 0 Å². The van der Waals surface area contributed by atoms with Crippen LogP contribution in [0, 0.1) is 13.8 Å². The highest BCUT2D eigenvalue weighted by atomic mass is 14.9. The Labute approximate surface area is 134 Å². The number of imidazole rings is 1. The molecule has 4 aromatic rings. The van der Waals surface area contributed by atoms with E-state index in [4.69, 9.17) is 0 Å². The van der Waals surface area contributed by atoms with E-state index in [-0.39, 0.29) is 0 Å². The third-order valence-electron chi connectivity index (χ3n) is 3.84. The number of nitrogens with one attached hydrogen (secondary N) is 1. The summed E-state index contributed by atoms with van der Waals surface area (Å²) in [7, 11) is 0. The molecule has 3 aromatic heterocycles. The van der Waals surface area contributed by atoms with Gasteiger partial charge in [0.2, 0.25) is 0 Å². The van der Waals surface area contributed by atoms with Gasteiger partial charge in [0.05, 0.1) is 22.6 Å². The van der Waals surface area contributed by atoms with Crippen molar-refractivity contribution in [1.29, 1.82) is 0 Å². The van der Waals surface area contributed by atoms with Gasteiger partial charge >= 0.3 is 0 Å². The lowest BCUT2D eigenvalue weighted by molar-refractivity contribution is 1.14. The standard InChI is InChI=1S/C19H16N4/c1-12-5-3-7-17(21-12)19-18(22-13(2)23-19)15-8-9-16-14(11-15)6-4-10-20-16/h3-11H,1-2H3,(H,22,23). The highest BCUT2D eigenvalue weighted by Gasteiger charge is 2.14. The number of hydrogen-bond donors (Lipinski definition) is 1. The summed E-state index contributed by atoms with van der Waals surface area (Å²) in [5, 5.41) is 1.11. The second kappa shape index (κ2) is 5.32. The number of hydrogen-bond acceptors (Lipinski definition) is 3. The van der Waals surface area contributed by atoms with Crippen molar-refractivity contribution in [2.75, 3.05) is 0 Å². The fourth-order valence-electron chi connectivity index (χ4n) is 2.79. The van der Waals surface area contributed by atoms with Gasteiger partial charge in [-0.3, -0.25) is 9.97 Å². The molecule has 0 aliphatic carbocycles. The summed E-state index contributed by atoms with van der Waals surface area (Å²) in [5.74, 6) is 0.879. The number of pyridine rings is 2. The maximum Gasteiger partial charge on any atom is 0.104 e. The Bertz CT molecular complexity index is 1000. The van der Waals surface area contributed by atoms with E-state index in [0.29, 0.717) is 0 Å². The Kier molecular flexibility index (Phi) is 3.15. The number of aromatic nitrogens is 4. The van der Waals surface area contributed by atoms with E-state index in [1.165, 1.54) is 0 Å². The molecule has 1 aromatic carbocycles. The van der Waals surface area contributed by atoms with Crippen molar-refractivity contribution >= 4 is 10.9 Å². The topological polar surface area (TPSA) is 54.5 Å². The van der Waals surface area contributed by atoms with Crippen molar-refractivity contribution in [3.8, 4) is 22.6 Å². The summed E-state index contributed by atoms with van der Waals surface area (Å²) in [4.78, 5) is 17.0. The molecule has 0 saturated carbocycles. The molecule has 23 heavy (non-hydrogen) atoms. The summed E-state index contributed by atoms with van der Waals surface area (Å²) < 4.78 is 0. The normalized spacial score (nSPS) is 11.0. The van der Waals surface area contributed by atoms with Gasteiger partial charge in [-0.1, -0.05) is 18.2 Å². The number of H-pyrrole nitrogens is 1. The molecule has 0 radical (unpaired) electrons. The largest absolute Gasteiger partial charge is 0.340 e. The van der Waals surface area contributed by atoms with E-state index in [1.807, 2.05) is 50.4 Å². The third kappa shape index (κ3) is 2.48. The van der Waals surface area contributed by atoms with Crippen LogP contribution >= 0.6 is 0 Å². The molecule has 0 unspecified atom stereocenters. The lowest BCUT2D eigenvalue weighted by atomic mass is 10.1. The lowest BCUT2D eigenvalue weighted by Crippen LogP contribution is -1.89.